The minimum absolute atomic E-state index is 0.0288. The number of carbonyl (C=O) groups excluding carboxylic acids is 1. The summed E-state index contributed by atoms with van der Waals surface area (Å²) >= 11 is 0. The van der Waals surface area contributed by atoms with Crippen LogP contribution in [0.4, 0.5) is 0 Å². The van der Waals surface area contributed by atoms with Crippen LogP contribution in [0, 0.1) is 6.92 Å². The van der Waals surface area contributed by atoms with Crippen molar-refractivity contribution in [2.75, 3.05) is 0 Å². The Morgan fingerprint density at radius 3 is 2.50 bits per heavy atom. The average molecular weight is 247 g/mol. The Morgan fingerprint density at radius 1 is 1.33 bits per heavy atom. The highest BCUT2D eigenvalue weighted by Crippen LogP contribution is 2.09. The number of nitrogens with two attached hydrogens (primary N) is 1. The van der Waals surface area contributed by atoms with Crippen molar-refractivity contribution in [3.8, 4) is 5.82 Å². The van der Waals surface area contributed by atoms with Crippen LogP contribution >= 0.6 is 0 Å². The third-order valence-electron chi connectivity index (χ3n) is 2.27. The number of carbonyl (C=O) groups is 2. The van der Waals surface area contributed by atoms with Gasteiger partial charge in [-0.1, -0.05) is 0 Å². The summed E-state index contributed by atoms with van der Waals surface area (Å²) in [6, 6.07) is 2.87. The first-order chi connectivity index (χ1) is 8.49. The number of hydrogen-bond acceptors (Lipinski definition) is 5. The Balaban J connectivity index is 2.40. The van der Waals surface area contributed by atoms with Crippen molar-refractivity contribution < 1.29 is 14.7 Å². The zero-order valence-corrected chi connectivity index (χ0v) is 9.36. The molecule has 92 valence electrons. The third-order valence-corrected chi connectivity index (χ3v) is 2.27. The molecule has 3 N–H and O–H groups in total. The topological polar surface area (TPSA) is 124 Å². The minimum atomic E-state index is -1.07. The lowest BCUT2D eigenvalue weighted by Crippen LogP contribution is -2.14. The molecule has 8 heteroatoms. The minimum Gasteiger partial charge on any atom is -0.478 e. The van der Waals surface area contributed by atoms with Crippen LogP contribution in [0.5, 0.6) is 0 Å². The summed E-state index contributed by atoms with van der Waals surface area (Å²) in [5.74, 6) is -1.45. The predicted molar refractivity (Wildman–Crippen MR) is 59.4 cm³/mol. The normalized spacial score (nSPS) is 10.3. The second-order valence-corrected chi connectivity index (χ2v) is 3.52. The number of nitrogens with zero attached hydrogens (tertiary/aromatic N) is 4. The van der Waals surface area contributed by atoms with E-state index >= 15 is 0 Å². The Kier molecular flexibility index (Phi) is 2.76. The molecule has 2 rings (SSSR count). The van der Waals surface area contributed by atoms with Gasteiger partial charge in [0.15, 0.2) is 11.5 Å². The molecule has 0 aliphatic heterocycles. The van der Waals surface area contributed by atoms with Crippen molar-refractivity contribution in [2.45, 2.75) is 6.92 Å². The number of hydrogen-bond donors (Lipinski definition) is 2. The fourth-order valence-corrected chi connectivity index (χ4v) is 1.37. The van der Waals surface area contributed by atoms with Crippen molar-refractivity contribution in [3.63, 3.8) is 0 Å². The molecule has 0 bridgehead atoms. The van der Waals surface area contributed by atoms with Crippen LogP contribution in [0.3, 0.4) is 0 Å². The molecule has 0 saturated heterocycles. The molecule has 0 aliphatic carbocycles. The van der Waals surface area contributed by atoms with Crippen LogP contribution in [0.1, 0.15) is 26.5 Å². The van der Waals surface area contributed by atoms with Crippen molar-refractivity contribution in [1.82, 2.24) is 20.0 Å². The lowest BCUT2D eigenvalue weighted by atomic mass is 10.3. The van der Waals surface area contributed by atoms with E-state index in [9.17, 15) is 9.59 Å². The van der Waals surface area contributed by atoms with E-state index in [-0.39, 0.29) is 11.3 Å². The molecule has 0 aliphatic rings. The van der Waals surface area contributed by atoms with E-state index < -0.39 is 11.9 Å². The predicted octanol–water partition coefficient (Wildman–Crippen LogP) is -0.232. The van der Waals surface area contributed by atoms with Gasteiger partial charge >= 0.3 is 5.97 Å². The lowest BCUT2D eigenvalue weighted by Gasteiger charge is -1.99. The van der Waals surface area contributed by atoms with Gasteiger partial charge in [0, 0.05) is 6.20 Å². The van der Waals surface area contributed by atoms with Gasteiger partial charge in [0.05, 0.1) is 5.69 Å². The van der Waals surface area contributed by atoms with Gasteiger partial charge in [-0.25, -0.2) is 9.48 Å². The maximum atomic E-state index is 10.9. The van der Waals surface area contributed by atoms with Crippen LogP contribution in [0.15, 0.2) is 18.3 Å². The molecule has 2 aromatic rings. The number of aromatic carboxylic acids is 1. The molecule has 0 fully saturated rings. The maximum absolute atomic E-state index is 10.9. The quantitative estimate of drug-likeness (QED) is 0.771. The lowest BCUT2D eigenvalue weighted by molar-refractivity contribution is 0.0696. The molecule has 8 nitrogen and oxygen atoms in total. The van der Waals surface area contributed by atoms with Crippen LogP contribution < -0.4 is 5.73 Å². The summed E-state index contributed by atoms with van der Waals surface area (Å²) in [6.45, 7) is 1.57. The van der Waals surface area contributed by atoms with E-state index in [0.29, 0.717) is 11.5 Å². The molecule has 0 saturated carbocycles. The SMILES string of the molecule is Cc1nn(-c2ccc(C(N)=O)nn2)cc1C(=O)O. The first kappa shape index (κ1) is 11.7. The van der Waals surface area contributed by atoms with Gasteiger partial charge in [0.1, 0.15) is 5.56 Å². The Bertz CT molecular complexity index is 617. The fourth-order valence-electron chi connectivity index (χ4n) is 1.37. The molecule has 0 unspecified atom stereocenters. The molecule has 0 radical (unpaired) electrons. The largest absolute Gasteiger partial charge is 0.478 e. The monoisotopic (exact) mass is 247 g/mol. The highest BCUT2D eigenvalue weighted by Gasteiger charge is 2.13. The second kappa shape index (κ2) is 4.24. The molecule has 0 spiro atoms. The zero-order valence-electron chi connectivity index (χ0n) is 9.36. The molecule has 2 heterocycles. The van der Waals surface area contributed by atoms with Gasteiger partial charge in [-0.15, -0.1) is 10.2 Å². The molecule has 1 amide bonds. The van der Waals surface area contributed by atoms with Crippen molar-refractivity contribution in [3.05, 3.63) is 35.3 Å². The number of rotatable bonds is 3. The highest BCUT2D eigenvalue weighted by molar-refractivity contribution is 5.90. The van der Waals surface area contributed by atoms with Gasteiger partial charge in [-0.2, -0.15) is 5.10 Å². The maximum Gasteiger partial charge on any atom is 0.339 e. The number of amides is 1. The Hall–Kier alpha value is -2.77. The Labute approximate surface area is 101 Å². The highest BCUT2D eigenvalue weighted by atomic mass is 16.4. The van der Waals surface area contributed by atoms with Gasteiger partial charge in [-0.3, -0.25) is 4.79 Å². The molecule has 0 aromatic carbocycles. The van der Waals surface area contributed by atoms with Gasteiger partial charge in [0.25, 0.3) is 5.91 Å². The van der Waals surface area contributed by atoms with E-state index in [2.05, 4.69) is 15.3 Å². The third kappa shape index (κ3) is 2.03. The average Bonchev–Trinajstić information content (AvgIpc) is 2.71. The van der Waals surface area contributed by atoms with Gasteiger partial charge < -0.3 is 10.8 Å². The van der Waals surface area contributed by atoms with Crippen LogP contribution in [-0.2, 0) is 0 Å². The van der Waals surface area contributed by atoms with Crippen LogP contribution in [0.2, 0.25) is 0 Å². The molecular formula is C10H9N5O3. The van der Waals surface area contributed by atoms with E-state index in [1.807, 2.05) is 0 Å². The number of carboxylic acid groups (broad SMARTS) is 1. The summed E-state index contributed by atoms with van der Waals surface area (Å²) in [6.07, 6.45) is 1.33. The van der Waals surface area contributed by atoms with E-state index in [1.165, 1.54) is 23.0 Å². The first-order valence-electron chi connectivity index (χ1n) is 4.92. The summed E-state index contributed by atoms with van der Waals surface area (Å²) in [7, 11) is 0. The van der Waals surface area contributed by atoms with Crippen molar-refractivity contribution in [2.24, 2.45) is 5.73 Å². The van der Waals surface area contributed by atoms with Crippen LogP contribution in [0.25, 0.3) is 5.82 Å². The van der Waals surface area contributed by atoms with Gasteiger partial charge in [0.2, 0.25) is 0 Å². The van der Waals surface area contributed by atoms with Crippen LogP contribution in [-0.4, -0.2) is 37.0 Å². The zero-order chi connectivity index (χ0) is 13.3. The van der Waals surface area contributed by atoms with E-state index in [0.717, 1.165) is 0 Å². The summed E-state index contributed by atoms with van der Waals surface area (Å²) in [4.78, 5) is 21.7. The molecular weight excluding hydrogens is 238 g/mol. The standard InChI is InChI=1S/C10H9N5O3/c1-5-6(10(17)18)4-15(14-5)8-3-2-7(9(11)16)12-13-8/h2-4H,1H3,(H2,11,16)(H,17,18). The molecule has 0 atom stereocenters. The number of aromatic nitrogens is 4. The van der Waals surface area contributed by atoms with Crippen molar-refractivity contribution >= 4 is 11.9 Å². The first-order valence-corrected chi connectivity index (χ1v) is 4.92. The number of carboxylic acids is 1. The summed E-state index contributed by atoms with van der Waals surface area (Å²) in [5.41, 5.74) is 5.50. The van der Waals surface area contributed by atoms with E-state index in [1.54, 1.807) is 6.92 Å². The number of primary amides is 1. The number of aryl methyl sites for hydroxylation is 1. The van der Waals surface area contributed by atoms with E-state index in [4.69, 9.17) is 10.8 Å². The van der Waals surface area contributed by atoms with Gasteiger partial charge in [-0.05, 0) is 19.1 Å². The molecule has 18 heavy (non-hydrogen) atoms. The smallest absolute Gasteiger partial charge is 0.339 e. The Morgan fingerprint density at radius 2 is 2.06 bits per heavy atom. The van der Waals surface area contributed by atoms with Crippen molar-refractivity contribution in [1.29, 1.82) is 0 Å². The fraction of sp³-hybridized carbons (Fsp3) is 0.100. The summed E-state index contributed by atoms with van der Waals surface area (Å²) < 4.78 is 1.27. The second-order valence-electron chi connectivity index (χ2n) is 3.52. The molecule has 2 aromatic heterocycles. The summed E-state index contributed by atoms with van der Waals surface area (Å²) in [5, 5.41) is 20.2.